The van der Waals surface area contributed by atoms with Gasteiger partial charge in [-0.2, -0.15) is 0 Å². The Morgan fingerprint density at radius 1 is 1.31 bits per heavy atom. The zero-order chi connectivity index (χ0) is 12.3. The molecule has 4 nitrogen and oxygen atoms in total. The molecule has 1 rings (SSSR count). The summed E-state index contributed by atoms with van der Waals surface area (Å²) in [6.07, 6.45) is -1.28. The molecule has 0 bridgehead atoms. The van der Waals surface area contributed by atoms with Crippen LogP contribution in [0.4, 0.5) is 0 Å². The third kappa shape index (κ3) is 2.81. The maximum atomic E-state index is 11.1. The number of methoxy groups -OCH3 is 1. The summed E-state index contributed by atoms with van der Waals surface area (Å²) in [6, 6.07) is 6.52. The first-order valence-electron chi connectivity index (χ1n) is 4.95. The Bertz CT molecular complexity index is 362. The van der Waals surface area contributed by atoms with Crippen molar-refractivity contribution in [2.24, 2.45) is 0 Å². The van der Waals surface area contributed by atoms with E-state index in [1.54, 1.807) is 38.1 Å². The molecule has 0 saturated carbocycles. The zero-order valence-corrected chi connectivity index (χ0v) is 9.60. The summed E-state index contributed by atoms with van der Waals surface area (Å²) in [6.45, 7) is 3.33. The zero-order valence-electron chi connectivity index (χ0n) is 9.60. The van der Waals surface area contributed by atoms with Crippen molar-refractivity contribution in [2.75, 3.05) is 7.11 Å². The number of hydrogen-bond donors (Lipinski definition) is 2. The van der Waals surface area contributed by atoms with Crippen LogP contribution in [-0.4, -0.2) is 23.3 Å². The molecule has 0 spiro atoms. The van der Waals surface area contributed by atoms with Crippen LogP contribution < -0.4 is 0 Å². The number of aliphatic hydroxyl groups excluding tert-OH is 1. The van der Waals surface area contributed by atoms with E-state index in [9.17, 15) is 15.0 Å². The van der Waals surface area contributed by atoms with E-state index in [0.717, 1.165) is 0 Å². The van der Waals surface area contributed by atoms with E-state index in [-0.39, 0.29) is 0 Å². The smallest absolute Gasteiger partial charge is 0.339 e. The maximum absolute atomic E-state index is 11.1. The van der Waals surface area contributed by atoms with Crippen molar-refractivity contribution in [1.29, 1.82) is 0 Å². The Kier molecular flexibility index (Phi) is 3.67. The minimum absolute atomic E-state index is 0.444. The Morgan fingerprint density at radius 2 is 1.81 bits per heavy atom. The quantitative estimate of drug-likeness (QED) is 0.755. The summed E-state index contributed by atoms with van der Waals surface area (Å²) in [7, 11) is 1.22. The van der Waals surface area contributed by atoms with E-state index in [0.29, 0.717) is 11.1 Å². The molecular formula is C12H16O4. The fraction of sp³-hybridized carbons (Fsp3) is 0.417. The van der Waals surface area contributed by atoms with Crippen LogP contribution in [0.15, 0.2) is 24.3 Å². The van der Waals surface area contributed by atoms with Crippen LogP contribution in [0.25, 0.3) is 0 Å². The Hall–Kier alpha value is -1.39. The van der Waals surface area contributed by atoms with Crippen LogP contribution in [0, 0.1) is 0 Å². The predicted octanol–water partition coefficient (Wildman–Crippen LogP) is 1.12. The van der Waals surface area contributed by atoms with E-state index in [4.69, 9.17) is 0 Å². The highest BCUT2D eigenvalue weighted by Crippen LogP contribution is 2.22. The van der Waals surface area contributed by atoms with Gasteiger partial charge in [-0.25, -0.2) is 4.79 Å². The van der Waals surface area contributed by atoms with Gasteiger partial charge in [0.2, 0.25) is 0 Å². The Labute approximate surface area is 94.5 Å². The van der Waals surface area contributed by atoms with Crippen molar-refractivity contribution in [3.8, 4) is 0 Å². The van der Waals surface area contributed by atoms with Crippen LogP contribution in [-0.2, 0) is 15.1 Å². The predicted molar refractivity (Wildman–Crippen MR) is 58.7 cm³/mol. The largest absolute Gasteiger partial charge is 0.467 e. The molecule has 0 aliphatic carbocycles. The van der Waals surface area contributed by atoms with Gasteiger partial charge in [-0.3, -0.25) is 0 Å². The van der Waals surface area contributed by atoms with Crippen molar-refractivity contribution in [2.45, 2.75) is 25.6 Å². The van der Waals surface area contributed by atoms with E-state index in [1.165, 1.54) is 7.11 Å². The van der Waals surface area contributed by atoms with Gasteiger partial charge in [0.1, 0.15) is 0 Å². The fourth-order valence-corrected chi connectivity index (χ4v) is 1.32. The summed E-state index contributed by atoms with van der Waals surface area (Å²) in [5.41, 5.74) is 0.225. The standard InChI is InChI=1S/C12H16O4/c1-12(2,15)9-6-4-8(5-7-9)10(13)11(14)16-3/h4-7,10,13,15H,1-3H3. The lowest BCUT2D eigenvalue weighted by molar-refractivity contribution is -0.150. The molecule has 16 heavy (non-hydrogen) atoms. The highest BCUT2D eigenvalue weighted by Gasteiger charge is 2.20. The molecule has 1 aromatic rings. The van der Waals surface area contributed by atoms with Gasteiger partial charge in [0.25, 0.3) is 0 Å². The van der Waals surface area contributed by atoms with Crippen LogP contribution in [0.1, 0.15) is 31.1 Å². The minimum atomic E-state index is -1.28. The van der Waals surface area contributed by atoms with Gasteiger partial charge in [0.15, 0.2) is 6.10 Å². The molecule has 0 aliphatic heterocycles. The average Bonchev–Trinajstić information content (AvgIpc) is 2.26. The number of benzene rings is 1. The average molecular weight is 224 g/mol. The van der Waals surface area contributed by atoms with Gasteiger partial charge >= 0.3 is 5.97 Å². The Morgan fingerprint density at radius 3 is 2.19 bits per heavy atom. The van der Waals surface area contributed by atoms with Crippen molar-refractivity contribution >= 4 is 5.97 Å². The van der Waals surface area contributed by atoms with Gasteiger partial charge in [-0.15, -0.1) is 0 Å². The van der Waals surface area contributed by atoms with Crippen molar-refractivity contribution in [3.05, 3.63) is 35.4 Å². The number of aliphatic hydroxyl groups is 2. The van der Waals surface area contributed by atoms with E-state index in [2.05, 4.69) is 4.74 Å². The molecule has 0 radical (unpaired) electrons. The molecule has 0 aliphatic rings. The van der Waals surface area contributed by atoms with E-state index in [1.807, 2.05) is 0 Å². The second kappa shape index (κ2) is 4.63. The summed E-state index contributed by atoms with van der Waals surface area (Å²) in [5, 5.41) is 19.3. The number of carbonyl (C=O) groups is 1. The highest BCUT2D eigenvalue weighted by molar-refractivity contribution is 5.76. The summed E-state index contributed by atoms with van der Waals surface area (Å²) in [4.78, 5) is 11.1. The lowest BCUT2D eigenvalue weighted by Crippen LogP contribution is -2.16. The van der Waals surface area contributed by atoms with Crippen LogP contribution in [0.3, 0.4) is 0 Å². The molecule has 4 heteroatoms. The number of esters is 1. The lowest BCUT2D eigenvalue weighted by Gasteiger charge is -2.18. The lowest BCUT2D eigenvalue weighted by atomic mass is 9.96. The summed E-state index contributed by atoms with van der Waals surface area (Å²) < 4.78 is 4.43. The third-order valence-electron chi connectivity index (χ3n) is 2.36. The van der Waals surface area contributed by atoms with Crippen LogP contribution in [0.5, 0.6) is 0 Å². The number of hydrogen-bond acceptors (Lipinski definition) is 4. The first-order chi connectivity index (χ1) is 7.36. The first kappa shape index (κ1) is 12.7. The normalized spacial score (nSPS) is 13.3. The minimum Gasteiger partial charge on any atom is -0.467 e. The number of rotatable bonds is 3. The molecule has 0 saturated heterocycles. The van der Waals surface area contributed by atoms with Gasteiger partial charge in [0, 0.05) is 0 Å². The number of ether oxygens (including phenoxy) is 1. The molecule has 0 fully saturated rings. The van der Waals surface area contributed by atoms with Crippen molar-refractivity contribution in [1.82, 2.24) is 0 Å². The van der Waals surface area contributed by atoms with Crippen LogP contribution in [0.2, 0.25) is 0 Å². The topological polar surface area (TPSA) is 66.8 Å². The summed E-state index contributed by atoms with van der Waals surface area (Å²) in [5.74, 6) is -0.698. The molecule has 88 valence electrons. The Balaban J connectivity index is 2.91. The van der Waals surface area contributed by atoms with E-state index >= 15 is 0 Å². The van der Waals surface area contributed by atoms with Gasteiger partial charge in [-0.1, -0.05) is 24.3 Å². The molecule has 1 atom stereocenters. The third-order valence-corrected chi connectivity index (χ3v) is 2.36. The van der Waals surface area contributed by atoms with Gasteiger partial charge in [0.05, 0.1) is 12.7 Å². The van der Waals surface area contributed by atoms with E-state index < -0.39 is 17.7 Å². The monoisotopic (exact) mass is 224 g/mol. The number of carbonyl (C=O) groups excluding carboxylic acids is 1. The second-order valence-corrected chi connectivity index (χ2v) is 4.11. The fourth-order valence-electron chi connectivity index (χ4n) is 1.32. The SMILES string of the molecule is COC(=O)C(O)c1ccc(C(C)(C)O)cc1. The molecule has 0 heterocycles. The molecule has 2 N–H and O–H groups in total. The summed E-state index contributed by atoms with van der Waals surface area (Å²) >= 11 is 0. The first-order valence-corrected chi connectivity index (χ1v) is 4.95. The molecular weight excluding hydrogens is 208 g/mol. The molecule has 0 amide bonds. The molecule has 0 aromatic heterocycles. The second-order valence-electron chi connectivity index (χ2n) is 4.11. The molecule has 1 unspecified atom stereocenters. The molecule has 1 aromatic carbocycles. The maximum Gasteiger partial charge on any atom is 0.339 e. The van der Waals surface area contributed by atoms with Gasteiger partial charge in [-0.05, 0) is 25.0 Å². The van der Waals surface area contributed by atoms with Crippen molar-refractivity contribution in [3.63, 3.8) is 0 Å². The highest BCUT2D eigenvalue weighted by atomic mass is 16.5. The van der Waals surface area contributed by atoms with Crippen molar-refractivity contribution < 1.29 is 19.7 Å². The van der Waals surface area contributed by atoms with Gasteiger partial charge < -0.3 is 14.9 Å². The van der Waals surface area contributed by atoms with Crippen LogP contribution >= 0.6 is 0 Å².